The lowest BCUT2D eigenvalue weighted by Gasteiger charge is -2.08. The van der Waals surface area contributed by atoms with E-state index in [1.165, 1.54) is 25.0 Å². The van der Waals surface area contributed by atoms with Gasteiger partial charge in [0.2, 0.25) is 0 Å². The van der Waals surface area contributed by atoms with Crippen LogP contribution in [-0.4, -0.2) is 6.54 Å². The molecule has 1 aliphatic carbocycles. The van der Waals surface area contributed by atoms with E-state index in [9.17, 15) is 4.39 Å². The van der Waals surface area contributed by atoms with Crippen LogP contribution in [0, 0.1) is 11.2 Å². The van der Waals surface area contributed by atoms with Crippen LogP contribution in [0.3, 0.4) is 0 Å². The van der Waals surface area contributed by atoms with E-state index < -0.39 is 0 Å². The molecule has 1 aromatic carbocycles. The standard InChI is InChI=1S/C16H18FNO/c1-16(8-9-16)11-18-10-14-6-7-15(19-14)12-2-4-13(17)5-3-12/h2-7,18H,8-11H2,1H3. The molecule has 0 aliphatic heterocycles. The SMILES string of the molecule is CC1(CNCc2ccc(-c3ccc(F)cc3)o2)CC1. The molecule has 1 aliphatic rings. The fourth-order valence-electron chi connectivity index (χ4n) is 2.12. The van der Waals surface area contributed by atoms with Crippen molar-refractivity contribution in [1.29, 1.82) is 0 Å². The number of furan rings is 1. The molecule has 2 nitrogen and oxygen atoms in total. The van der Waals surface area contributed by atoms with Crippen molar-refractivity contribution in [2.24, 2.45) is 5.41 Å². The first-order valence-corrected chi connectivity index (χ1v) is 6.70. The number of nitrogens with one attached hydrogen (secondary N) is 1. The molecule has 0 atom stereocenters. The lowest BCUT2D eigenvalue weighted by atomic mass is 10.1. The highest BCUT2D eigenvalue weighted by atomic mass is 19.1. The van der Waals surface area contributed by atoms with E-state index in [2.05, 4.69) is 12.2 Å². The highest BCUT2D eigenvalue weighted by Crippen LogP contribution is 2.44. The van der Waals surface area contributed by atoms with Crippen LogP contribution in [0.1, 0.15) is 25.5 Å². The van der Waals surface area contributed by atoms with Crippen LogP contribution in [0.5, 0.6) is 0 Å². The van der Waals surface area contributed by atoms with Gasteiger partial charge in [0.25, 0.3) is 0 Å². The van der Waals surface area contributed by atoms with Gasteiger partial charge in [-0.25, -0.2) is 4.39 Å². The number of benzene rings is 1. The average molecular weight is 259 g/mol. The topological polar surface area (TPSA) is 25.2 Å². The lowest BCUT2D eigenvalue weighted by Crippen LogP contribution is -2.21. The second kappa shape index (κ2) is 4.82. The normalized spacial score (nSPS) is 16.5. The van der Waals surface area contributed by atoms with Crippen LogP contribution in [0.25, 0.3) is 11.3 Å². The first kappa shape index (κ1) is 12.4. The quantitative estimate of drug-likeness (QED) is 0.878. The predicted molar refractivity (Wildman–Crippen MR) is 73.1 cm³/mol. The number of hydrogen-bond donors (Lipinski definition) is 1. The fourth-order valence-corrected chi connectivity index (χ4v) is 2.12. The van der Waals surface area contributed by atoms with Crippen molar-refractivity contribution in [1.82, 2.24) is 5.32 Å². The molecule has 100 valence electrons. The van der Waals surface area contributed by atoms with Gasteiger partial charge in [-0.1, -0.05) is 6.92 Å². The van der Waals surface area contributed by atoms with Crippen LogP contribution in [-0.2, 0) is 6.54 Å². The van der Waals surface area contributed by atoms with E-state index >= 15 is 0 Å². The molecular formula is C16H18FNO. The van der Waals surface area contributed by atoms with E-state index in [1.807, 2.05) is 12.1 Å². The molecule has 0 bridgehead atoms. The maximum absolute atomic E-state index is 12.9. The Hall–Kier alpha value is -1.61. The Morgan fingerprint density at radius 3 is 2.58 bits per heavy atom. The van der Waals surface area contributed by atoms with Crippen molar-refractivity contribution >= 4 is 0 Å². The molecule has 3 heteroatoms. The lowest BCUT2D eigenvalue weighted by molar-refractivity contribution is 0.451. The Bertz CT molecular complexity index is 554. The third-order valence-corrected chi connectivity index (χ3v) is 3.74. The summed E-state index contributed by atoms with van der Waals surface area (Å²) in [7, 11) is 0. The van der Waals surface area contributed by atoms with E-state index in [0.29, 0.717) is 5.41 Å². The van der Waals surface area contributed by atoms with Gasteiger partial charge in [0.1, 0.15) is 17.3 Å². The van der Waals surface area contributed by atoms with Crippen LogP contribution >= 0.6 is 0 Å². The summed E-state index contributed by atoms with van der Waals surface area (Å²) in [5.41, 5.74) is 1.41. The average Bonchev–Trinajstić information content (AvgIpc) is 2.95. The molecule has 0 unspecified atom stereocenters. The third kappa shape index (κ3) is 3.04. The molecule has 1 heterocycles. The molecule has 1 fully saturated rings. The van der Waals surface area contributed by atoms with Gasteiger partial charge < -0.3 is 9.73 Å². The smallest absolute Gasteiger partial charge is 0.134 e. The molecular weight excluding hydrogens is 241 g/mol. The molecule has 1 aromatic heterocycles. The van der Waals surface area contributed by atoms with Crippen molar-refractivity contribution < 1.29 is 8.81 Å². The van der Waals surface area contributed by atoms with Gasteiger partial charge in [-0.05, 0) is 54.7 Å². The zero-order chi connectivity index (χ0) is 13.3. The van der Waals surface area contributed by atoms with Crippen LogP contribution in [0.4, 0.5) is 4.39 Å². The van der Waals surface area contributed by atoms with Crippen molar-refractivity contribution in [3.63, 3.8) is 0 Å². The summed E-state index contributed by atoms with van der Waals surface area (Å²) in [4.78, 5) is 0. The van der Waals surface area contributed by atoms with Crippen LogP contribution in [0.2, 0.25) is 0 Å². The van der Waals surface area contributed by atoms with E-state index in [0.717, 1.165) is 30.2 Å². The largest absolute Gasteiger partial charge is 0.460 e. The fraction of sp³-hybridized carbons (Fsp3) is 0.375. The Morgan fingerprint density at radius 2 is 1.89 bits per heavy atom. The maximum atomic E-state index is 12.9. The summed E-state index contributed by atoms with van der Waals surface area (Å²) >= 11 is 0. The summed E-state index contributed by atoms with van der Waals surface area (Å²) in [6.07, 6.45) is 2.64. The van der Waals surface area contributed by atoms with Gasteiger partial charge >= 0.3 is 0 Å². The highest BCUT2D eigenvalue weighted by molar-refractivity contribution is 5.57. The predicted octanol–water partition coefficient (Wildman–Crippen LogP) is 3.98. The highest BCUT2D eigenvalue weighted by Gasteiger charge is 2.36. The first-order chi connectivity index (χ1) is 9.15. The number of hydrogen-bond acceptors (Lipinski definition) is 2. The molecule has 1 N–H and O–H groups in total. The molecule has 0 saturated heterocycles. The van der Waals surface area contributed by atoms with Crippen LogP contribution < -0.4 is 5.32 Å². The summed E-state index contributed by atoms with van der Waals surface area (Å²) < 4.78 is 18.6. The maximum Gasteiger partial charge on any atom is 0.134 e. The minimum absolute atomic E-state index is 0.227. The Kier molecular flexibility index (Phi) is 3.15. The van der Waals surface area contributed by atoms with Gasteiger partial charge in [0, 0.05) is 12.1 Å². The van der Waals surface area contributed by atoms with Crippen molar-refractivity contribution in [3.8, 4) is 11.3 Å². The monoisotopic (exact) mass is 259 g/mol. The molecule has 19 heavy (non-hydrogen) atoms. The Morgan fingerprint density at radius 1 is 1.16 bits per heavy atom. The number of rotatable bonds is 5. The van der Waals surface area contributed by atoms with Gasteiger partial charge in [-0.2, -0.15) is 0 Å². The zero-order valence-electron chi connectivity index (χ0n) is 11.1. The third-order valence-electron chi connectivity index (χ3n) is 3.74. The second-order valence-corrected chi connectivity index (χ2v) is 5.69. The van der Waals surface area contributed by atoms with E-state index in [4.69, 9.17) is 4.42 Å². The molecule has 0 amide bonds. The van der Waals surface area contributed by atoms with Crippen molar-refractivity contribution in [2.45, 2.75) is 26.3 Å². The molecule has 2 aromatic rings. The van der Waals surface area contributed by atoms with Gasteiger partial charge in [-0.3, -0.25) is 0 Å². The zero-order valence-corrected chi connectivity index (χ0v) is 11.1. The first-order valence-electron chi connectivity index (χ1n) is 6.70. The van der Waals surface area contributed by atoms with Gasteiger partial charge in [0.05, 0.1) is 6.54 Å². The minimum Gasteiger partial charge on any atom is -0.460 e. The summed E-state index contributed by atoms with van der Waals surface area (Å²) in [6.45, 7) is 4.09. The molecule has 0 radical (unpaired) electrons. The summed E-state index contributed by atoms with van der Waals surface area (Å²) in [5.74, 6) is 1.48. The summed E-state index contributed by atoms with van der Waals surface area (Å²) in [6, 6.07) is 10.3. The van der Waals surface area contributed by atoms with Crippen molar-refractivity contribution in [2.75, 3.05) is 6.54 Å². The van der Waals surface area contributed by atoms with E-state index in [-0.39, 0.29) is 5.82 Å². The second-order valence-electron chi connectivity index (χ2n) is 5.69. The summed E-state index contributed by atoms with van der Waals surface area (Å²) in [5, 5.41) is 3.42. The van der Waals surface area contributed by atoms with E-state index in [1.54, 1.807) is 12.1 Å². The minimum atomic E-state index is -0.227. The van der Waals surface area contributed by atoms with Gasteiger partial charge in [-0.15, -0.1) is 0 Å². The molecule has 3 rings (SSSR count). The Labute approximate surface area is 112 Å². The molecule has 0 spiro atoms. The van der Waals surface area contributed by atoms with Crippen molar-refractivity contribution in [3.05, 3.63) is 48.0 Å². The Balaban J connectivity index is 1.60. The number of halogens is 1. The van der Waals surface area contributed by atoms with Crippen LogP contribution in [0.15, 0.2) is 40.8 Å². The molecule has 1 saturated carbocycles. The van der Waals surface area contributed by atoms with Gasteiger partial charge in [0.15, 0.2) is 0 Å².